The fourth-order valence-electron chi connectivity index (χ4n) is 4.39. The standard InChI is InChI=1S/C22H26BN5O7S/c1-2-27-6-7-28(10-17(27)30)22(33)26-18(15-11-36-21(24)25-15)16(29)9-13-8-12-4-3-5-14(20(31)32)19(12)35-23(13)34/h3-5,11,13,18,34H,2,6-10H2,1H3,(H2,24,25)(H,26,33)(H,31,32)/t13-,18?/m1/s1. The van der Waals surface area contributed by atoms with E-state index in [1.54, 1.807) is 22.4 Å². The lowest BCUT2D eigenvalue weighted by molar-refractivity contribution is -0.134. The number of ketones is 1. The number of likely N-dealkylation sites (N-methyl/N-ethyl adjacent to an activating group) is 1. The summed E-state index contributed by atoms with van der Waals surface area (Å²) in [7, 11) is -1.42. The van der Waals surface area contributed by atoms with Crippen molar-refractivity contribution in [3.63, 3.8) is 0 Å². The quantitative estimate of drug-likeness (QED) is 0.388. The number of benzene rings is 1. The molecule has 1 unspecified atom stereocenters. The van der Waals surface area contributed by atoms with E-state index >= 15 is 0 Å². The summed E-state index contributed by atoms with van der Waals surface area (Å²) >= 11 is 1.12. The minimum Gasteiger partial charge on any atom is -0.535 e. The number of amides is 3. The molecular weight excluding hydrogens is 489 g/mol. The molecule has 1 saturated heterocycles. The van der Waals surface area contributed by atoms with Crippen molar-refractivity contribution in [2.45, 2.75) is 31.6 Å². The van der Waals surface area contributed by atoms with Gasteiger partial charge in [-0.15, -0.1) is 11.3 Å². The molecule has 3 amide bonds. The van der Waals surface area contributed by atoms with Crippen LogP contribution in [0.2, 0.25) is 5.82 Å². The van der Waals surface area contributed by atoms with Crippen LogP contribution in [0.4, 0.5) is 9.93 Å². The van der Waals surface area contributed by atoms with Crippen molar-refractivity contribution in [1.82, 2.24) is 20.1 Å². The van der Waals surface area contributed by atoms with Gasteiger partial charge in [0.05, 0.1) is 11.3 Å². The Hall–Kier alpha value is -3.65. The highest BCUT2D eigenvalue weighted by molar-refractivity contribution is 7.13. The second kappa shape index (κ2) is 10.5. The van der Waals surface area contributed by atoms with Crippen LogP contribution in [0.25, 0.3) is 0 Å². The zero-order chi connectivity index (χ0) is 26.0. The number of hydrogen-bond acceptors (Lipinski definition) is 9. The van der Waals surface area contributed by atoms with E-state index in [0.717, 1.165) is 11.3 Å². The first-order valence-electron chi connectivity index (χ1n) is 11.4. The average Bonchev–Trinajstić information content (AvgIpc) is 3.27. The van der Waals surface area contributed by atoms with Crippen LogP contribution in [0.1, 0.15) is 41.0 Å². The van der Waals surface area contributed by atoms with Crippen molar-refractivity contribution < 1.29 is 34.0 Å². The first kappa shape index (κ1) is 25.4. The minimum atomic E-state index is -1.42. The predicted molar refractivity (Wildman–Crippen MR) is 131 cm³/mol. The molecule has 2 aliphatic heterocycles. The summed E-state index contributed by atoms with van der Waals surface area (Å²) in [5.41, 5.74) is 6.50. The minimum absolute atomic E-state index is 0.0721. The number of carboxylic acids is 1. The summed E-state index contributed by atoms with van der Waals surface area (Å²) in [5, 5.41) is 24.4. The Bertz CT molecular complexity index is 1190. The van der Waals surface area contributed by atoms with Gasteiger partial charge in [-0.3, -0.25) is 9.59 Å². The predicted octanol–water partition coefficient (Wildman–Crippen LogP) is 0.783. The van der Waals surface area contributed by atoms with Gasteiger partial charge in [-0.05, 0) is 25.0 Å². The molecule has 0 spiro atoms. The second-order valence-corrected chi connectivity index (χ2v) is 9.52. The number of rotatable bonds is 7. The van der Waals surface area contributed by atoms with Crippen LogP contribution < -0.4 is 15.7 Å². The Morgan fingerprint density at radius 1 is 1.36 bits per heavy atom. The lowest BCUT2D eigenvalue weighted by Crippen LogP contribution is -2.55. The highest BCUT2D eigenvalue weighted by Gasteiger charge is 2.40. The van der Waals surface area contributed by atoms with Crippen LogP contribution in [-0.4, -0.2) is 81.9 Å². The van der Waals surface area contributed by atoms with Crippen LogP contribution in [0.3, 0.4) is 0 Å². The molecule has 4 rings (SSSR count). The van der Waals surface area contributed by atoms with E-state index < -0.39 is 36.8 Å². The Morgan fingerprint density at radius 3 is 2.78 bits per heavy atom. The van der Waals surface area contributed by atoms with E-state index in [9.17, 15) is 29.3 Å². The number of carboxylic acid groups (broad SMARTS) is 1. The van der Waals surface area contributed by atoms with Crippen molar-refractivity contribution in [3.8, 4) is 5.75 Å². The van der Waals surface area contributed by atoms with Gasteiger partial charge < -0.3 is 35.6 Å². The monoisotopic (exact) mass is 515 g/mol. The van der Waals surface area contributed by atoms with Crippen molar-refractivity contribution in [3.05, 3.63) is 40.4 Å². The van der Waals surface area contributed by atoms with Gasteiger partial charge in [0.1, 0.15) is 18.3 Å². The molecule has 0 radical (unpaired) electrons. The van der Waals surface area contributed by atoms with Gasteiger partial charge in [0.2, 0.25) is 5.91 Å². The fraction of sp³-hybridized carbons (Fsp3) is 0.409. The Balaban J connectivity index is 1.50. The summed E-state index contributed by atoms with van der Waals surface area (Å²) in [6.45, 7) is 3.03. The molecule has 0 saturated carbocycles. The Morgan fingerprint density at radius 2 is 2.14 bits per heavy atom. The van der Waals surface area contributed by atoms with E-state index in [2.05, 4.69) is 10.3 Å². The van der Waals surface area contributed by atoms with E-state index in [4.69, 9.17) is 10.4 Å². The zero-order valence-electron chi connectivity index (χ0n) is 19.5. The van der Waals surface area contributed by atoms with Crippen LogP contribution in [-0.2, 0) is 16.0 Å². The smallest absolute Gasteiger partial charge is 0.526 e. The Kier molecular flexibility index (Phi) is 7.45. The van der Waals surface area contributed by atoms with Gasteiger partial charge in [-0.1, -0.05) is 12.1 Å². The number of hydrogen-bond donors (Lipinski definition) is 4. The molecule has 1 aromatic carbocycles. The van der Waals surface area contributed by atoms with E-state index in [-0.39, 0.29) is 47.4 Å². The number of fused-ring (bicyclic) bond motifs is 1. The first-order valence-corrected chi connectivity index (χ1v) is 12.3. The van der Waals surface area contributed by atoms with Crippen molar-refractivity contribution >= 4 is 47.3 Å². The molecule has 1 fully saturated rings. The molecule has 36 heavy (non-hydrogen) atoms. The maximum absolute atomic E-state index is 13.4. The topological polar surface area (TPSA) is 175 Å². The molecule has 2 atom stereocenters. The Labute approximate surface area is 211 Å². The fourth-order valence-corrected chi connectivity index (χ4v) is 4.97. The second-order valence-electron chi connectivity index (χ2n) is 8.63. The number of carbonyl (C=O) groups excluding carboxylic acids is 3. The molecule has 2 aliphatic rings. The SMILES string of the molecule is CCN1CCN(C(=O)NC(C(=O)C[C@H]2Cc3cccc(C(=O)O)c3OB2O)c2csc(N)n2)CC1=O. The summed E-state index contributed by atoms with van der Waals surface area (Å²) in [4.78, 5) is 57.2. The maximum Gasteiger partial charge on any atom is 0.526 e. The van der Waals surface area contributed by atoms with Gasteiger partial charge in [-0.2, -0.15) is 0 Å². The number of nitrogens with zero attached hydrogens (tertiary/aromatic N) is 3. The van der Waals surface area contributed by atoms with Crippen LogP contribution in [0.5, 0.6) is 5.75 Å². The number of anilines is 1. The third-order valence-electron chi connectivity index (χ3n) is 6.33. The number of urea groups is 1. The van der Waals surface area contributed by atoms with Crippen LogP contribution in [0, 0.1) is 0 Å². The third kappa shape index (κ3) is 5.28. The molecule has 190 valence electrons. The number of para-hydroxylation sites is 1. The molecule has 1 aromatic heterocycles. The highest BCUT2D eigenvalue weighted by Crippen LogP contribution is 2.37. The molecule has 12 nitrogen and oxygen atoms in total. The number of carbonyl (C=O) groups is 4. The molecule has 3 heterocycles. The lowest BCUT2D eigenvalue weighted by Gasteiger charge is -2.34. The van der Waals surface area contributed by atoms with Crippen molar-refractivity contribution in [1.29, 1.82) is 0 Å². The zero-order valence-corrected chi connectivity index (χ0v) is 20.4. The van der Waals surface area contributed by atoms with Crippen molar-refractivity contribution in [2.24, 2.45) is 0 Å². The highest BCUT2D eigenvalue weighted by atomic mass is 32.1. The summed E-state index contributed by atoms with van der Waals surface area (Å²) in [6, 6.07) is 2.90. The lowest BCUT2D eigenvalue weighted by atomic mass is 9.64. The number of aromatic nitrogens is 1. The normalized spacial score (nSPS) is 18.3. The van der Waals surface area contributed by atoms with Crippen LogP contribution in [0.15, 0.2) is 23.6 Å². The largest absolute Gasteiger partial charge is 0.535 e. The maximum atomic E-state index is 13.4. The van der Waals surface area contributed by atoms with Crippen LogP contribution >= 0.6 is 11.3 Å². The third-order valence-corrected chi connectivity index (χ3v) is 7.02. The van der Waals surface area contributed by atoms with E-state index in [0.29, 0.717) is 25.2 Å². The number of Topliss-reactive ketones (excluding diaryl/α,β-unsaturated/α-hetero) is 1. The summed E-state index contributed by atoms with van der Waals surface area (Å²) in [5.74, 6) is -2.40. The van der Waals surface area contributed by atoms with Gasteiger partial charge in [0.15, 0.2) is 10.9 Å². The van der Waals surface area contributed by atoms with Gasteiger partial charge in [0, 0.05) is 37.3 Å². The molecule has 0 aliphatic carbocycles. The number of thiazole rings is 1. The van der Waals surface area contributed by atoms with E-state index in [1.165, 1.54) is 11.0 Å². The average molecular weight is 515 g/mol. The van der Waals surface area contributed by atoms with Gasteiger partial charge in [-0.25, -0.2) is 14.6 Å². The molecule has 14 heteroatoms. The molecule has 2 aromatic rings. The molecule has 5 N–H and O–H groups in total. The number of nitrogen functional groups attached to an aromatic ring is 1. The van der Waals surface area contributed by atoms with E-state index in [1.807, 2.05) is 6.92 Å². The first-order chi connectivity index (χ1) is 17.2. The summed E-state index contributed by atoms with van der Waals surface area (Å²) < 4.78 is 5.49. The van der Waals surface area contributed by atoms with Gasteiger partial charge >= 0.3 is 19.1 Å². The molecular formula is C22H26BN5O7S. The molecule has 0 bridgehead atoms. The number of nitrogens with one attached hydrogen (secondary N) is 1. The number of nitrogens with two attached hydrogens (primary N) is 1. The van der Waals surface area contributed by atoms with Crippen molar-refractivity contribution in [2.75, 3.05) is 31.9 Å². The summed E-state index contributed by atoms with van der Waals surface area (Å²) in [6.07, 6.45) is 0.0273. The van der Waals surface area contributed by atoms with Gasteiger partial charge in [0.25, 0.3) is 0 Å². The number of piperazine rings is 1. The number of aromatic carboxylic acids is 1.